The van der Waals surface area contributed by atoms with Crippen LogP contribution in [-0.2, 0) is 11.8 Å². The Hall–Kier alpha value is -3.85. The summed E-state index contributed by atoms with van der Waals surface area (Å²) in [4.78, 5) is 20.5. The lowest BCUT2D eigenvalue weighted by Crippen LogP contribution is -2.39. The summed E-state index contributed by atoms with van der Waals surface area (Å²) >= 11 is 0. The number of nitrogens with one attached hydrogen (secondary N) is 2. The Labute approximate surface area is 211 Å². The molecule has 9 heteroatoms. The number of benzene rings is 1. The molecular weight excluding hydrogens is 454 g/mol. The first-order valence-corrected chi connectivity index (χ1v) is 12.4. The van der Waals surface area contributed by atoms with Crippen LogP contribution in [-0.4, -0.2) is 53.6 Å². The number of hydrogen-bond donors (Lipinski definition) is 3. The minimum atomic E-state index is -0.102. The van der Waals surface area contributed by atoms with Gasteiger partial charge in [0.15, 0.2) is 5.82 Å². The average Bonchev–Trinajstić information content (AvgIpc) is 3.62. The summed E-state index contributed by atoms with van der Waals surface area (Å²) in [6.07, 6.45) is 16.7. The molecule has 5 rings (SSSR count). The predicted octanol–water partition coefficient (Wildman–Crippen LogP) is 4.00. The van der Waals surface area contributed by atoms with Gasteiger partial charge in [-0.25, -0.2) is 9.97 Å². The summed E-state index contributed by atoms with van der Waals surface area (Å²) in [7, 11) is 1.91. The molecule has 4 aromatic rings. The highest BCUT2D eigenvalue weighted by Gasteiger charge is 2.21. The van der Waals surface area contributed by atoms with Gasteiger partial charge in [-0.3, -0.25) is 14.6 Å². The van der Waals surface area contributed by atoms with Gasteiger partial charge in [-0.05, 0) is 31.4 Å². The zero-order valence-corrected chi connectivity index (χ0v) is 20.8. The number of aromatic nitrogens is 6. The molecule has 1 aromatic carbocycles. The molecule has 0 saturated heterocycles. The topological polar surface area (TPSA) is 122 Å². The van der Waals surface area contributed by atoms with E-state index in [0.717, 1.165) is 40.7 Å². The SMILES string of the molecule is CC(CO)NC(=O)C1CCCCC1.Cn1cc(-c2cccc(-c3ncc(-c4cn[nH]c4)cn3)c2)cn1. The number of rotatable bonds is 6. The minimum absolute atomic E-state index is 0.0262. The van der Waals surface area contributed by atoms with E-state index in [1.54, 1.807) is 10.9 Å². The van der Waals surface area contributed by atoms with E-state index in [9.17, 15) is 4.79 Å². The van der Waals surface area contributed by atoms with Crippen molar-refractivity contribution in [2.24, 2.45) is 13.0 Å². The Kier molecular flexibility index (Phi) is 8.57. The normalized spacial score (nSPS) is 14.5. The number of H-pyrrole nitrogens is 1. The van der Waals surface area contributed by atoms with Crippen LogP contribution in [0.4, 0.5) is 0 Å². The second kappa shape index (κ2) is 12.2. The molecule has 3 N–H and O–H groups in total. The highest BCUT2D eigenvalue weighted by Crippen LogP contribution is 2.25. The number of carbonyl (C=O) groups is 1. The number of amides is 1. The zero-order chi connectivity index (χ0) is 25.3. The summed E-state index contributed by atoms with van der Waals surface area (Å²) in [5, 5.41) is 22.5. The van der Waals surface area contributed by atoms with Crippen LogP contribution >= 0.6 is 0 Å². The fourth-order valence-corrected chi connectivity index (χ4v) is 4.21. The Morgan fingerprint density at radius 3 is 2.44 bits per heavy atom. The van der Waals surface area contributed by atoms with Gasteiger partial charge in [0.05, 0.1) is 19.0 Å². The molecule has 1 amide bonds. The van der Waals surface area contributed by atoms with Crippen molar-refractivity contribution in [3.8, 4) is 33.6 Å². The van der Waals surface area contributed by atoms with Gasteiger partial charge in [0.2, 0.25) is 5.91 Å². The largest absolute Gasteiger partial charge is 0.394 e. The molecule has 1 aliphatic rings. The van der Waals surface area contributed by atoms with Gasteiger partial charge in [0.1, 0.15) is 0 Å². The number of carbonyl (C=O) groups excluding carboxylic acids is 1. The highest BCUT2D eigenvalue weighted by molar-refractivity contribution is 5.79. The quantitative estimate of drug-likeness (QED) is 0.378. The van der Waals surface area contributed by atoms with Crippen LogP contribution in [0.15, 0.2) is 61.4 Å². The summed E-state index contributed by atoms with van der Waals surface area (Å²) in [5.74, 6) is 1.02. The maximum absolute atomic E-state index is 11.5. The molecule has 3 heterocycles. The molecule has 1 fully saturated rings. The van der Waals surface area contributed by atoms with E-state index in [4.69, 9.17) is 5.11 Å². The standard InChI is InChI=1S/C17H14N6.C10H19NO2/c1-23-11-16(10-22-23)12-3-2-4-13(5-12)17-18-6-14(7-19-17)15-8-20-21-9-15;1-8(7-12)11-10(13)9-5-3-2-4-6-9/h2-11H,1H3,(H,20,21);8-9,12H,2-7H2,1H3,(H,11,13). The molecule has 0 radical (unpaired) electrons. The van der Waals surface area contributed by atoms with E-state index in [0.29, 0.717) is 5.82 Å². The third-order valence-electron chi connectivity index (χ3n) is 6.28. The lowest BCUT2D eigenvalue weighted by atomic mass is 9.88. The van der Waals surface area contributed by atoms with Crippen molar-refractivity contribution >= 4 is 5.91 Å². The van der Waals surface area contributed by atoms with Crippen LogP contribution in [0.5, 0.6) is 0 Å². The second-order valence-electron chi connectivity index (χ2n) is 9.19. The van der Waals surface area contributed by atoms with E-state index in [1.807, 2.05) is 57.1 Å². The summed E-state index contributed by atoms with van der Waals surface area (Å²) < 4.78 is 1.79. The first-order valence-electron chi connectivity index (χ1n) is 12.4. The van der Waals surface area contributed by atoms with Crippen LogP contribution in [0, 0.1) is 5.92 Å². The monoisotopic (exact) mass is 487 g/mol. The first-order chi connectivity index (χ1) is 17.5. The summed E-state index contributed by atoms with van der Waals surface area (Å²) in [5.41, 5.74) is 5.05. The maximum atomic E-state index is 11.5. The molecular formula is C27H33N7O2. The van der Waals surface area contributed by atoms with Gasteiger partial charge in [-0.2, -0.15) is 10.2 Å². The molecule has 188 valence electrons. The number of aliphatic hydroxyl groups excluding tert-OH is 1. The molecule has 1 atom stereocenters. The van der Waals surface area contributed by atoms with Gasteiger partial charge < -0.3 is 10.4 Å². The molecule has 0 aliphatic heterocycles. The molecule has 1 unspecified atom stereocenters. The molecule has 0 bridgehead atoms. The fourth-order valence-electron chi connectivity index (χ4n) is 4.21. The lowest BCUT2D eigenvalue weighted by Gasteiger charge is -2.22. The molecule has 1 saturated carbocycles. The Morgan fingerprint density at radius 1 is 1.06 bits per heavy atom. The third-order valence-corrected chi connectivity index (χ3v) is 6.28. The zero-order valence-electron chi connectivity index (χ0n) is 20.8. The molecule has 3 aromatic heterocycles. The van der Waals surface area contributed by atoms with Crippen LogP contribution in [0.3, 0.4) is 0 Å². The Morgan fingerprint density at radius 2 is 1.81 bits per heavy atom. The van der Waals surface area contributed by atoms with Crippen molar-refractivity contribution in [1.82, 2.24) is 35.3 Å². The van der Waals surface area contributed by atoms with Crippen LogP contribution in [0.2, 0.25) is 0 Å². The summed E-state index contributed by atoms with van der Waals surface area (Å²) in [6, 6.07) is 8.04. The molecule has 36 heavy (non-hydrogen) atoms. The van der Waals surface area contributed by atoms with Crippen molar-refractivity contribution in [3.05, 3.63) is 61.4 Å². The van der Waals surface area contributed by atoms with E-state index in [-0.39, 0.29) is 24.5 Å². The minimum Gasteiger partial charge on any atom is -0.394 e. The lowest BCUT2D eigenvalue weighted by molar-refractivity contribution is -0.126. The molecule has 0 spiro atoms. The Balaban J connectivity index is 0.000000200. The smallest absolute Gasteiger partial charge is 0.223 e. The van der Waals surface area contributed by atoms with Crippen LogP contribution in [0.25, 0.3) is 33.6 Å². The number of aliphatic hydroxyl groups is 1. The van der Waals surface area contributed by atoms with Gasteiger partial charge in [-0.1, -0.05) is 37.5 Å². The number of nitrogens with zero attached hydrogens (tertiary/aromatic N) is 5. The van der Waals surface area contributed by atoms with Crippen LogP contribution in [0.1, 0.15) is 39.0 Å². The fraction of sp³-hybridized carbons (Fsp3) is 0.370. The number of aryl methyl sites for hydroxylation is 1. The third kappa shape index (κ3) is 6.63. The number of aromatic amines is 1. The summed E-state index contributed by atoms with van der Waals surface area (Å²) in [6.45, 7) is 1.85. The molecule has 9 nitrogen and oxygen atoms in total. The van der Waals surface area contributed by atoms with Gasteiger partial charge in [0, 0.05) is 66.0 Å². The first kappa shape index (κ1) is 25.2. The van der Waals surface area contributed by atoms with Crippen molar-refractivity contribution in [2.75, 3.05) is 6.61 Å². The van der Waals surface area contributed by atoms with Gasteiger partial charge >= 0.3 is 0 Å². The maximum Gasteiger partial charge on any atom is 0.223 e. The van der Waals surface area contributed by atoms with Gasteiger partial charge in [-0.15, -0.1) is 0 Å². The van der Waals surface area contributed by atoms with Crippen molar-refractivity contribution < 1.29 is 9.90 Å². The average molecular weight is 488 g/mol. The van der Waals surface area contributed by atoms with Crippen molar-refractivity contribution in [2.45, 2.75) is 45.1 Å². The number of hydrogen-bond acceptors (Lipinski definition) is 6. The Bertz CT molecular complexity index is 1230. The van der Waals surface area contributed by atoms with Crippen molar-refractivity contribution in [3.63, 3.8) is 0 Å². The predicted molar refractivity (Wildman–Crippen MR) is 139 cm³/mol. The van der Waals surface area contributed by atoms with E-state index in [2.05, 4.69) is 42.7 Å². The van der Waals surface area contributed by atoms with Crippen LogP contribution < -0.4 is 5.32 Å². The highest BCUT2D eigenvalue weighted by atomic mass is 16.3. The van der Waals surface area contributed by atoms with E-state index >= 15 is 0 Å². The molecule has 1 aliphatic carbocycles. The van der Waals surface area contributed by atoms with E-state index < -0.39 is 0 Å². The second-order valence-corrected chi connectivity index (χ2v) is 9.19. The van der Waals surface area contributed by atoms with E-state index in [1.165, 1.54) is 19.3 Å². The van der Waals surface area contributed by atoms with Gasteiger partial charge in [0.25, 0.3) is 0 Å². The van der Waals surface area contributed by atoms with Crippen molar-refractivity contribution in [1.29, 1.82) is 0 Å².